The van der Waals surface area contributed by atoms with Crippen molar-refractivity contribution in [1.29, 1.82) is 0 Å². The number of alkyl halides is 6. The first-order valence-electron chi connectivity index (χ1n) is 5.80. The molecule has 0 amide bonds. The zero-order valence-corrected chi connectivity index (χ0v) is 19.1. The molecule has 0 aromatic rings. The fraction of sp³-hybridized carbons (Fsp3) is 1.00. The maximum atomic E-state index is 5.88. The van der Waals surface area contributed by atoms with Gasteiger partial charge >= 0.3 is 0 Å². The van der Waals surface area contributed by atoms with Crippen molar-refractivity contribution < 1.29 is 0 Å². The molecule has 3 nitrogen and oxygen atoms in total. The van der Waals surface area contributed by atoms with E-state index in [1.807, 2.05) is 0 Å². The molecule has 2 N–H and O–H groups in total. The highest BCUT2D eigenvalue weighted by molar-refractivity contribution is 6.65. The normalized spacial score (nSPS) is 48.2. The minimum absolute atomic E-state index is 0.0585. The average molecular weight is 440 g/mol. The van der Waals surface area contributed by atoms with E-state index in [0.717, 1.165) is 0 Å². The van der Waals surface area contributed by atoms with Gasteiger partial charge in [-0.1, -0.05) is 0 Å². The Morgan fingerprint density at radius 3 is 1.11 bits per heavy atom. The minimum atomic E-state index is -0.437. The molecule has 0 unspecified atom stereocenters. The van der Waals surface area contributed by atoms with Crippen molar-refractivity contribution in [2.24, 2.45) is 0 Å². The highest BCUT2D eigenvalue weighted by Crippen LogP contribution is 2.39. The lowest BCUT2D eigenvalue weighted by molar-refractivity contribution is 0.544. The smallest absolute Gasteiger partial charge is 0.157 e. The Balaban J connectivity index is 0.000000218. The third kappa shape index (κ3) is 5.76. The summed E-state index contributed by atoms with van der Waals surface area (Å²) in [6, 6.07) is 0. The van der Waals surface area contributed by atoms with Gasteiger partial charge in [-0.25, -0.2) is 0 Å². The van der Waals surface area contributed by atoms with Crippen LogP contribution in [-0.2, 0) is 0 Å². The molecule has 1 aliphatic heterocycles. The lowest BCUT2D eigenvalue weighted by atomic mass is 9.97. The summed E-state index contributed by atoms with van der Waals surface area (Å²) < 4.78 is 9.41. The van der Waals surface area contributed by atoms with Gasteiger partial charge in [0.2, 0.25) is 0 Å². The number of hydrogen-bond donors (Lipinski definition) is 2. The zero-order valence-electron chi connectivity index (χ0n) is 10.3. The molecule has 2 rings (SSSR count). The summed E-state index contributed by atoms with van der Waals surface area (Å²) in [4.78, 5) is 0. The Morgan fingerprint density at radius 2 is 0.947 bits per heavy atom. The molecule has 0 radical (unpaired) electrons. The SMILES string of the molecule is CN1[SiH2]N[SiH2]N[SiH2]1.Cl[C@H]1[C@H](Cl)[C@@H](Cl)[C@@H](Cl)[C@H](Cl)[C@H]1Cl. The molecule has 0 atom stereocenters. The summed E-state index contributed by atoms with van der Waals surface area (Å²) in [6.07, 6.45) is 0. The molecule has 2 aliphatic rings. The van der Waals surface area contributed by atoms with Gasteiger partial charge in [-0.3, -0.25) is 0 Å². The zero-order chi connectivity index (χ0) is 14.6. The first-order chi connectivity index (χ1) is 8.86. The second-order valence-electron chi connectivity index (χ2n) is 4.52. The molecule has 1 saturated heterocycles. The van der Waals surface area contributed by atoms with E-state index in [-0.39, 0.29) is 29.5 Å². The van der Waals surface area contributed by atoms with Crippen LogP contribution < -0.4 is 9.30 Å². The van der Waals surface area contributed by atoms with Gasteiger partial charge < -0.3 is 13.5 Å². The van der Waals surface area contributed by atoms with Gasteiger partial charge in [-0.05, 0) is 7.05 Å². The highest BCUT2D eigenvalue weighted by atomic mass is 35.5. The molecule has 1 aliphatic carbocycles. The van der Waals surface area contributed by atoms with E-state index in [1.54, 1.807) is 0 Å². The standard InChI is InChI=1S/C6H6Cl6.CH11N3Si3/c7-1-2(8)4(10)6(12)5(11)3(1)9;1-4-6-2-5-3-7-4/h1-6H;2-3H,5-7H2,1H3/t1-,2-,3-,4+,5+,6+;. The van der Waals surface area contributed by atoms with E-state index in [1.165, 1.54) is 0 Å². The molecule has 0 aromatic carbocycles. The summed E-state index contributed by atoms with van der Waals surface area (Å²) in [6.45, 7) is 0. The second-order valence-corrected chi connectivity index (χ2v) is 15.6. The molecule has 0 aromatic heterocycles. The molecule has 1 saturated carbocycles. The molecule has 1 heterocycles. The topological polar surface area (TPSA) is 27.3 Å². The number of halogens is 6. The molecule has 0 bridgehead atoms. The summed E-state index contributed by atoms with van der Waals surface area (Å²) in [7, 11) is 2.43. The van der Waals surface area contributed by atoms with Crippen LogP contribution in [-0.4, -0.2) is 73.1 Å². The predicted molar refractivity (Wildman–Crippen MR) is 97.5 cm³/mol. The van der Waals surface area contributed by atoms with Gasteiger partial charge in [-0.2, -0.15) is 0 Å². The third-order valence-corrected chi connectivity index (χ3v) is 13.1. The fourth-order valence-electron chi connectivity index (χ4n) is 1.69. The maximum absolute atomic E-state index is 5.88. The van der Waals surface area contributed by atoms with E-state index in [4.69, 9.17) is 69.6 Å². The Labute approximate surface area is 151 Å². The van der Waals surface area contributed by atoms with Crippen LogP contribution in [0, 0.1) is 0 Å². The summed E-state index contributed by atoms with van der Waals surface area (Å²) >= 11 is 35.3. The molecule has 19 heavy (non-hydrogen) atoms. The number of hydrogen-bond acceptors (Lipinski definition) is 3. The molecule has 2 fully saturated rings. The van der Waals surface area contributed by atoms with E-state index >= 15 is 0 Å². The van der Waals surface area contributed by atoms with E-state index in [9.17, 15) is 0 Å². The quantitative estimate of drug-likeness (QED) is 0.402. The van der Waals surface area contributed by atoms with Gasteiger partial charge in [0, 0.05) is 0 Å². The third-order valence-electron chi connectivity index (χ3n) is 2.84. The monoisotopic (exact) mass is 437 g/mol. The van der Waals surface area contributed by atoms with Crippen molar-refractivity contribution in [3.63, 3.8) is 0 Å². The van der Waals surface area contributed by atoms with Gasteiger partial charge in [-0.15, -0.1) is 69.6 Å². The minimum Gasteiger partial charge on any atom is -0.346 e. The Kier molecular flexibility index (Phi) is 9.58. The van der Waals surface area contributed by atoms with Crippen molar-refractivity contribution >= 4 is 99.1 Å². The summed E-state index contributed by atoms with van der Waals surface area (Å²) in [5.41, 5.74) is 0. The molecule has 12 heteroatoms. The lowest BCUT2D eigenvalue weighted by Gasteiger charge is -2.37. The van der Waals surface area contributed by atoms with Gasteiger partial charge in [0.05, 0.1) is 32.3 Å². The van der Waals surface area contributed by atoms with Gasteiger partial charge in [0.15, 0.2) is 29.5 Å². The van der Waals surface area contributed by atoms with Crippen LogP contribution in [0.3, 0.4) is 0 Å². The number of nitrogens with one attached hydrogen (secondary N) is 2. The van der Waals surface area contributed by atoms with Crippen LogP contribution in [0.25, 0.3) is 0 Å². The Hall–Kier alpha value is 2.27. The van der Waals surface area contributed by atoms with Crippen molar-refractivity contribution in [3.8, 4) is 0 Å². The largest absolute Gasteiger partial charge is 0.346 e. The van der Waals surface area contributed by atoms with Crippen molar-refractivity contribution in [2.45, 2.75) is 32.3 Å². The Morgan fingerprint density at radius 1 is 0.684 bits per heavy atom. The van der Waals surface area contributed by atoms with Crippen molar-refractivity contribution in [2.75, 3.05) is 7.05 Å². The van der Waals surface area contributed by atoms with Crippen LogP contribution in [0.15, 0.2) is 0 Å². The molecule has 0 spiro atoms. The van der Waals surface area contributed by atoms with Crippen LogP contribution in [0.5, 0.6) is 0 Å². The fourth-order valence-corrected chi connectivity index (χ4v) is 13.6. The Bertz CT molecular complexity index is 216. The van der Waals surface area contributed by atoms with Crippen LogP contribution >= 0.6 is 69.6 Å². The molecular weight excluding hydrogens is 423 g/mol. The average Bonchev–Trinajstić information content (AvgIpc) is 2.42. The van der Waals surface area contributed by atoms with Gasteiger partial charge in [0.25, 0.3) is 0 Å². The molecule has 114 valence electrons. The second kappa shape index (κ2) is 9.42. The summed E-state index contributed by atoms with van der Waals surface area (Å²) in [5, 5.41) is -2.62. The van der Waals surface area contributed by atoms with Crippen LogP contribution in [0.1, 0.15) is 0 Å². The number of rotatable bonds is 0. The van der Waals surface area contributed by atoms with E-state index in [2.05, 4.69) is 20.6 Å². The van der Waals surface area contributed by atoms with E-state index in [0.29, 0.717) is 0 Å². The molecular formula is C7H17Cl6N3Si3. The first-order valence-corrected chi connectivity index (χ1v) is 12.5. The first kappa shape index (κ1) is 19.3. The summed E-state index contributed by atoms with van der Waals surface area (Å²) in [5.74, 6) is 0. The van der Waals surface area contributed by atoms with Gasteiger partial charge in [0.1, 0.15) is 0 Å². The van der Waals surface area contributed by atoms with Crippen LogP contribution in [0.2, 0.25) is 0 Å². The predicted octanol–water partition coefficient (Wildman–Crippen LogP) is -0.248. The lowest BCUT2D eigenvalue weighted by Crippen LogP contribution is -2.56. The maximum Gasteiger partial charge on any atom is 0.157 e. The highest BCUT2D eigenvalue weighted by Gasteiger charge is 2.46. The van der Waals surface area contributed by atoms with Crippen LogP contribution in [0.4, 0.5) is 0 Å². The number of nitrogens with zero attached hydrogens (tertiary/aromatic N) is 1. The van der Waals surface area contributed by atoms with Crippen molar-refractivity contribution in [3.05, 3.63) is 0 Å². The van der Waals surface area contributed by atoms with E-state index < -0.39 is 32.3 Å². The van der Waals surface area contributed by atoms with Crippen molar-refractivity contribution in [1.82, 2.24) is 13.5 Å².